The second-order valence-corrected chi connectivity index (χ2v) is 5.11. The van der Waals surface area contributed by atoms with Crippen LogP contribution in [0.5, 0.6) is 0 Å². The molecular weight excluding hydrogens is 212 g/mol. The molecule has 0 spiro atoms. The van der Waals surface area contributed by atoms with Crippen LogP contribution in [-0.2, 0) is 0 Å². The van der Waals surface area contributed by atoms with Gasteiger partial charge in [0.15, 0.2) is 5.65 Å². The van der Waals surface area contributed by atoms with Crippen molar-refractivity contribution in [3.05, 3.63) is 24.0 Å². The molecule has 1 fully saturated rings. The van der Waals surface area contributed by atoms with E-state index in [9.17, 15) is 0 Å². The molecule has 2 atom stereocenters. The van der Waals surface area contributed by atoms with E-state index in [0.29, 0.717) is 6.04 Å². The first-order chi connectivity index (χ1) is 8.24. The maximum atomic E-state index is 4.27. The molecule has 0 aliphatic heterocycles. The lowest BCUT2D eigenvalue weighted by Crippen LogP contribution is -2.23. The van der Waals surface area contributed by atoms with Crippen molar-refractivity contribution in [3.63, 3.8) is 0 Å². The Balaban J connectivity index is 1.96. The van der Waals surface area contributed by atoms with Gasteiger partial charge in [0.05, 0.1) is 0 Å². The molecule has 0 amide bonds. The lowest BCUT2D eigenvalue weighted by Gasteiger charge is -2.19. The van der Waals surface area contributed by atoms with E-state index in [2.05, 4.69) is 41.4 Å². The van der Waals surface area contributed by atoms with Crippen molar-refractivity contribution in [1.29, 1.82) is 0 Å². The molecule has 1 N–H and O–H groups in total. The minimum Gasteiger partial charge on any atom is -0.367 e. The van der Waals surface area contributed by atoms with Crippen molar-refractivity contribution in [3.8, 4) is 0 Å². The standard InChI is InChI=1S/C13H18N4/c1-9-6-12-14-8-15-17(12)13(7-9)16-11-5-3-4-10(11)2/h6-8,10-11,16H,3-5H2,1-2H3. The van der Waals surface area contributed by atoms with E-state index in [1.165, 1.54) is 24.8 Å². The highest BCUT2D eigenvalue weighted by atomic mass is 15.3. The minimum absolute atomic E-state index is 0.573. The molecule has 0 radical (unpaired) electrons. The van der Waals surface area contributed by atoms with Crippen LogP contribution in [0.2, 0.25) is 0 Å². The summed E-state index contributed by atoms with van der Waals surface area (Å²) in [6, 6.07) is 4.77. The number of aryl methyl sites for hydroxylation is 1. The highest BCUT2D eigenvalue weighted by molar-refractivity contribution is 5.51. The van der Waals surface area contributed by atoms with Crippen molar-refractivity contribution >= 4 is 11.5 Å². The van der Waals surface area contributed by atoms with Crippen LogP contribution in [0.4, 0.5) is 5.82 Å². The normalized spacial score (nSPS) is 24.4. The molecule has 2 aromatic heterocycles. The van der Waals surface area contributed by atoms with E-state index in [4.69, 9.17) is 0 Å². The van der Waals surface area contributed by atoms with Crippen molar-refractivity contribution in [2.75, 3.05) is 5.32 Å². The van der Waals surface area contributed by atoms with Gasteiger partial charge in [0.1, 0.15) is 12.1 Å². The highest BCUT2D eigenvalue weighted by Gasteiger charge is 2.23. The molecule has 4 nitrogen and oxygen atoms in total. The van der Waals surface area contributed by atoms with E-state index < -0.39 is 0 Å². The van der Waals surface area contributed by atoms with E-state index in [1.54, 1.807) is 6.33 Å². The fraction of sp³-hybridized carbons (Fsp3) is 0.538. The lowest BCUT2D eigenvalue weighted by molar-refractivity contribution is 0.553. The summed E-state index contributed by atoms with van der Waals surface area (Å²) < 4.78 is 1.89. The Morgan fingerprint density at radius 3 is 3.00 bits per heavy atom. The summed E-state index contributed by atoms with van der Waals surface area (Å²) in [5, 5.41) is 7.89. The van der Waals surface area contributed by atoms with Gasteiger partial charge in [-0.2, -0.15) is 9.61 Å². The van der Waals surface area contributed by atoms with Gasteiger partial charge in [-0.15, -0.1) is 0 Å². The average molecular weight is 230 g/mol. The number of nitrogens with zero attached hydrogens (tertiary/aromatic N) is 3. The molecule has 3 rings (SSSR count). The Bertz CT molecular complexity index is 531. The Labute approximate surface area is 101 Å². The Hall–Kier alpha value is -1.58. The van der Waals surface area contributed by atoms with Crippen LogP contribution in [0.25, 0.3) is 5.65 Å². The third-order valence-electron chi connectivity index (χ3n) is 3.72. The molecule has 1 aliphatic rings. The summed E-state index contributed by atoms with van der Waals surface area (Å²) in [5.74, 6) is 1.81. The summed E-state index contributed by atoms with van der Waals surface area (Å²) in [5.41, 5.74) is 2.14. The van der Waals surface area contributed by atoms with Crippen LogP contribution in [0.3, 0.4) is 0 Å². The van der Waals surface area contributed by atoms with Crippen LogP contribution in [0.15, 0.2) is 18.5 Å². The van der Waals surface area contributed by atoms with Crippen LogP contribution in [-0.4, -0.2) is 20.6 Å². The van der Waals surface area contributed by atoms with Gasteiger partial charge in [-0.05, 0) is 43.4 Å². The third-order valence-corrected chi connectivity index (χ3v) is 3.72. The molecular formula is C13H18N4. The predicted octanol–water partition coefficient (Wildman–Crippen LogP) is 2.64. The van der Waals surface area contributed by atoms with E-state index in [0.717, 1.165) is 17.4 Å². The molecule has 0 bridgehead atoms. The van der Waals surface area contributed by atoms with Gasteiger partial charge >= 0.3 is 0 Å². The van der Waals surface area contributed by atoms with E-state index in [1.807, 2.05) is 4.52 Å². The molecule has 0 saturated heterocycles. The number of pyridine rings is 1. The van der Waals surface area contributed by atoms with Crippen LogP contribution >= 0.6 is 0 Å². The number of hydrogen-bond donors (Lipinski definition) is 1. The summed E-state index contributed by atoms with van der Waals surface area (Å²) in [4.78, 5) is 4.25. The van der Waals surface area contributed by atoms with Gasteiger partial charge in [-0.3, -0.25) is 0 Å². The maximum Gasteiger partial charge on any atom is 0.157 e. The molecule has 2 aromatic rings. The van der Waals surface area contributed by atoms with Gasteiger partial charge in [-0.1, -0.05) is 13.3 Å². The van der Waals surface area contributed by atoms with Gasteiger partial charge in [-0.25, -0.2) is 4.98 Å². The quantitative estimate of drug-likeness (QED) is 0.862. The SMILES string of the molecule is Cc1cc(NC2CCCC2C)n2ncnc2c1. The minimum atomic E-state index is 0.573. The zero-order valence-electron chi connectivity index (χ0n) is 10.3. The monoisotopic (exact) mass is 230 g/mol. The fourth-order valence-electron chi connectivity index (χ4n) is 2.71. The van der Waals surface area contributed by atoms with E-state index in [-0.39, 0.29) is 0 Å². The number of fused-ring (bicyclic) bond motifs is 1. The topological polar surface area (TPSA) is 42.2 Å². The van der Waals surface area contributed by atoms with Gasteiger partial charge in [0.25, 0.3) is 0 Å². The molecule has 2 unspecified atom stereocenters. The Kier molecular flexibility index (Phi) is 2.50. The van der Waals surface area contributed by atoms with Crippen molar-refractivity contribution < 1.29 is 0 Å². The Morgan fingerprint density at radius 2 is 2.24 bits per heavy atom. The number of hydrogen-bond acceptors (Lipinski definition) is 3. The fourth-order valence-corrected chi connectivity index (χ4v) is 2.71. The maximum absolute atomic E-state index is 4.27. The van der Waals surface area contributed by atoms with Gasteiger partial charge < -0.3 is 5.32 Å². The largest absolute Gasteiger partial charge is 0.367 e. The molecule has 1 saturated carbocycles. The number of nitrogens with one attached hydrogen (secondary N) is 1. The summed E-state index contributed by atoms with van der Waals surface area (Å²) in [7, 11) is 0. The molecule has 17 heavy (non-hydrogen) atoms. The van der Waals surface area contributed by atoms with Crippen molar-refractivity contribution in [2.45, 2.75) is 39.2 Å². The van der Waals surface area contributed by atoms with Crippen molar-refractivity contribution in [1.82, 2.24) is 14.6 Å². The van der Waals surface area contributed by atoms with E-state index >= 15 is 0 Å². The smallest absolute Gasteiger partial charge is 0.157 e. The Morgan fingerprint density at radius 1 is 1.35 bits per heavy atom. The van der Waals surface area contributed by atoms with Gasteiger partial charge in [0, 0.05) is 6.04 Å². The first-order valence-corrected chi connectivity index (χ1v) is 6.31. The molecule has 1 aliphatic carbocycles. The molecule has 0 aromatic carbocycles. The van der Waals surface area contributed by atoms with Crippen molar-refractivity contribution in [2.24, 2.45) is 5.92 Å². The first-order valence-electron chi connectivity index (χ1n) is 6.31. The molecule has 4 heteroatoms. The van der Waals surface area contributed by atoms with Gasteiger partial charge in [0.2, 0.25) is 0 Å². The summed E-state index contributed by atoms with van der Waals surface area (Å²) in [6.07, 6.45) is 5.51. The summed E-state index contributed by atoms with van der Waals surface area (Å²) in [6.45, 7) is 4.41. The lowest BCUT2D eigenvalue weighted by atomic mass is 10.1. The second kappa shape index (κ2) is 4.02. The zero-order chi connectivity index (χ0) is 11.8. The van der Waals surface area contributed by atoms with Crippen LogP contribution < -0.4 is 5.32 Å². The zero-order valence-corrected chi connectivity index (χ0v) is 10.3. The average Bonchev–Trinajstić information content (AvgIpc) is 2.88. The first kappa shape index (κ1) is 10.6. The van der Waals surface area contributed by atoms with Crippen LogP contribution in [0, 0.1) is 12.8 Å². The summed E-state index contributed by atoms with van der Waals surface area (Å²) >= 11 is 0. The highest BCUT2D eigenvalue weighted by Crippen LogP contribution is 2.28. The third kappa shape index (κ3) is 1.88. The number of anilines is 1. The number of aromatic nitrogens is 3. The second-order valence-electron chi connectivity index (χ2n) is 5.11. The number of rotatable bonds is 2. The molecule has 2 heterocycles. The predicted molar refractivity (Wildman–Crippen MR) is 68.1 cm³/mol. The molecule has 90 valence electrons. The van der Waals surface area contributed by atoms with Crippen LogP contribution in [0.1, 0.15) is 31.7 Å².